The highest BCUT2D eigenvalue weighted by atomic mass is 16.7. The van der Waals surface area contributed by atoms with Crippen molar-refractivity contribution in [1.82, 2.24) is 10.2 Å². The van der Waals surface area contributed by atoms with Crippen LogP contribution in [0.4, 0.5) is 5.69 Å². The third kappa shape index (κ3) is 11.5. The Kier molecular flexibility index (Phi) is 14.0. The van der Waals surface area contributed by atoms with Crippen LogP contribution in [0.5, 0.6) is 5.75 Å². The monoisotopic (exact) mass is 651 g/mol. The van der Waals surface area contributed by atoms with E-state index in [1.54, 1.807) is 0 Å². The molecule has 0 saturated carbocycles. The van der Waals surface area contributed by atoms with Gasteiger partial charge < -0.3 is 49.6 Å². The molecule has 17 nitrogen and oxygen atoms in total. The summed E-state index contributed by atoms with van der Waals surface area (Å²) in [7, 11) is 0. The van der Waals surface area contributed by atoms with Crippen LogP contribution in [-0.2, 0) is 54.3 Å². The number of imide groups is 1. The van der Waals surface area contributed by atoms with Gasteiger partial charge in [0.05, 0.1) is 44.8 Å². The first-order valence-corrected chi connectivity index (χ1v) is 14.4. The van der Waals surface area contributed by atoms with E-state index in [9.17, 15) is 44.1 Å². The van der Waals surface area contributed by atoms with Gasteiger partial charge in [-0.1, -0.05) is 6.07 Å². The first kappa shape index (κ1) is 36.1. The largest absolute Gasteiger partial charge is 0.479 e. The summed E-state index contributed by atoms with van der Waals surface area (Å²) < 4.78 is 26.6. The quantitative estimate of drug-likeness (QED) is 0.0716. The molecule has 17 heteroatoms. The van der Waals surface area contributed by atoms with E-state index < -0.39 is 42.4 Å². The van der Waals surface area contributed by atoms with Crippen molar-refractivity contribution in [3.8, 4) is 5.75 Å². The molecule has 0 spiro atoms. The zero-order chi connectivity index (χ0) is 33.6. The van der Waals surface area contributed by atoms with Crippen LogP contribution in [0.15, 0.2) is 30.4 Å². The summed E-state index contributed by atoms with van der Waals surface area (Å²) >= 11 is 0. The summed E-state index contributed by atoms with van der Waals surface area (Å²) in [6.45, 7) is 1.86. The molecular formula is C29H37N3O14. The lowest BCUT2D eigenvalue weighted by atomic mass is 10.0. The lowest BCUT2D eigenvalue weighted by Gasteiger charge is -2.35. The lowest BCUT2D eigenvalue weighted by Crippen LogP contribution is -2.52. The van der Waals surface area contributed by atoms with Crippen molar-refractivity contribution in [1.29, 1.82) is 0 Å². The first-order valence-electron chi connectivity index (χ1n) is 14.4. The Bertz CT molecular complexity index is 1280. The molecule has 2 aliphatic rings. The van der Waals surface area contributed by atoms with E-state index in [0.717, 1.165) is 4.90 Å². The fourth-order valence-corrected chi connectivity index (χ4v) is 4.18. The Morgan fingerprint density at radius 3 is 2.35 bits per heavy atom. The fraction of sp³-hybridized carbons (Fsp3) is 0.517. The fourth-order valence-electron chi connectivity index (χ4n) is 4.18. The number of nitrogens with one attached hydrogen (secondary N) is 2. The number of carboxylic acid groups (broad SMARTS) is 1. The number of carbonyl (C=O) groups is 6. The van der Waals surface area contributed by atoms with Crippen LogP contribution in [0.1, 0.15) is 31.7 Å². The van der Waals surface area contributed by atoms with Crippen molar-refractivity contribution in [3.05, 3.63) is 35.9 Å². The molecule has 0 aromatic heterocycles. The van der Waals surface area contributed by atoms with Crippen LogP contribution < -0.4 is 15.4 Å². The van der Waals surface area contributed by atoms with E-state index in [1.165, 1.54) is 37.3 Å². The van der Waals surface area contributed by atoms with Gasteiger partial charge in [-0.15, -0.1) is 0 Å². The van der Waals surface area contributed by atoms with Gasteiger partial charge in [0, 0.05) is 44.9 Å². The maximum atomic E-state index is 12.7. The van der Waals surface area contributed by atoms with Gasteiger partial charge in [0.2, 0.25) is 18.1 Å². The number of ether oxygens (including phenoxy) is 5. The Hall–Kier alpha value is -4.42. The molecule has 4 atom stereocenters. The molecule has 2 heterocycles. The molecule has 4 unspecified atom stereocenters. The summed E-state index contributed by atoms with van der Waals surface area (Å²) in [5.41, 5.74) is 0.550. The molecule has 3 rings (SSSR count). The highest BCUT2D eigenvalue weighted by molar-refractivity contribution is 6.12. The number of carboxylic acids is 1. The summed E-state index contributed by atoms with van der Waals surface area (Å²) in [6.07, 6.45) is -4.12. The number of aliphatic hydroxyl groups excluding tert-OH is 2. The number of nitrogens with zero attached hydrogens (tertiary/aromatic N) is 1. The minimum Gasteiger partial charge on any atom is -0.479 e. The zero-order valence-electron chi connectivity index (χ0n) is 25.0. The van der Waals surface area contributed by atoms with Crippen molar-refractivity contribution >= 4 is 41.3 Å². The van der Waals surface area contributed by atoms with Gasteiger partial charge in [-0.05, 0) is 17.7 Å². The molecule has 1 aromatic carbocycles. The Morgan fingerprint density at radius 1 is 0.978 bits per heavy atom. The number of hydrogen-bond donors (Lipinski definition) is 5. The molecule has 2 aliphatic heterocycles. The number of aliphatic hydroxyl groups is 2. The molecule has 4 amide bonds. The molecular weight excluding hydrogens is 614 g/mol. The van der Waals surface area contributed by atoms with Crippen LogP contribution in [0.25, 0.3) is 0 Å². The summed E-state index contributed by atoms with van der Waals surface area (Å²) in [4.78, 5) is 71.4. The van der Waals surface area contributed by atoms with Crippen LogP contribution >= 0.6 is 0 Å². The van der Waals surface area contributed by atoms with Gasteiger partial charge in [0.1, 0.15) is 18.5 Å². The number of hydrogen-bond acceptors (Lipinski definition) is 13. The van der Waals surface area contributed by atoms with Crippen molar-refractivity contribution in [3.63, 3.8) is 0 Å². The predicted molar refractivity (Wildman–Crippen MR) is 154 cm³/mol. The number of aliphatic carboxylic acids is 1. The summed E-state index contributed by atoms with van der Waals surface area (Å²) in [6, 6.07) is 4.35. The third-order valence-electron chi connectivity index (χ3n) is 6.59. The van der Waals surface area contributed by atoms with Crippen LogP contribution in [0, 0.1) is 0 Å². The molecule has 0 radical (unpaired) electrons. The summed E-state index contributed by atoms with van der Waals surface area (Å²) in [5.74, 6) is -3.59. The zero-order valence-corrected chi connectivity index (χ0v) is 25.0. The predicted octanol–water partition coefficient (Wildman–Crippen LogP) is -1.16. The van der Waals surface area contributed by atoms with Gasteiger partial charge in [-0.3, -0.25) is 28.9 Å². The van der Waals surface area contributed by atoms with Gasteiger partial charge in [-0.25, -0.2) is 4.79 Å². The second-order valence-electron chi connectivity index (χ2n) is 10.1. The number of benzene rings is 1. The number of rotatable bonds is 18. The Labute approximate surface area is 263 Å². The molecule has 46 heavy (non-hydrogen) atoms. The number of carbonyl (C=O) groups excluding carboxylic acids is 5. The summed E-state index contributed by atoms with van der Waals surface area (Å²) in [5, 5.41) is 34.8. The Balaban J connectivity index is 1.41. The van der Waals surface area contributed by atoms with E-state index >= 15 is 0 Å². The molecule has 1 aromatic rings. The minimum atomic E-state index is -1.58. The maximum absolute atomic E-state index is 12.7. The van der Waals surface area contributed by atoms with Gasteiger partial charge in [0.15, 0.2) is 6.10 Å². The highest BCUT2D eigenvalue weighted by Crippen LogP contribution is 2.31. The second-order valence-corrected chi connectivity index (χ2v) is 10.1. The van der Waals surface area contributed by atoms with E-state index in [4.69, 9.17) is 23.7 Å². The smallest absolute Gasteiger partial charge is 0.333 e. The second kappa shape index (κ2) is 17.9. The van der Waals surface area contributed by atoms with E-state index in [0.29, 0.717) is 5.56 Å². The number of amides is 4. The van der Waals surface area contributed by atoms with Crippen molar-refractivity contribution in [2.75, 3.05) is 44.8 Å². The average Bonchev–Trinajstić information content (AvgIpc) is 3.32. The maximum Gasteiger partial charge on any atom is 0.333 e. The number of esters is 1. The molecule has 1 saturated heterocycles. The minimum absolute atomic E-state index is 0.0170. The molecule has 1 fully saturated rings. The van der Waals surface area contributed by atoms with E-state index in [-0.39, 0.29) is 94.5 Å². The topological polar surface area (TPSA) is 237 Å². The Morgan fingerprint density at radius 2 is 1.67 bits per heavy atom. The highest BCUT2D eigenvalue weighted by Gasteiger charge is 2.41. The molecule has 0 bridgehead atoms. The van der Waals surface area contributed by atoms with Gasteiger partial charge in [0.25, 0.3) is 11.8 Å². The SMILES string of the molecule is CC(=O)OCc1ccc(OC2OC(C(=O)O)CC(O)C2O)c(NC(=O)CCNC(=O)CCOCCOCCN2C(=O)C=CC2=O)c1. The number of anilines is 1. The van der Waals surface area contributed by atoms with Crippen LogP contribution in [0.2, 0.25) is 0 Å². The van der Waals surface area contributed by atoms with Crippen LogP contribution in [0.3, 0.4) is 0 Å². The van der Waals surface area contributed by atoms with Crippen LogP contribution in [-0.4, -0.2) is 120 Å². The third-order valence-corrected chi connectivity index (χ3v) is 6.59. The first-order chi connectivity index (χ1) is 21.9. The van der Waals surface area contributed by atoms with E-state index in [1.807, 2.05) is 0 Å². The molecule has 0 aliphatic carbocycles. The average molecular weight is 652 g/mol. The molecule has 252 valence electrons. The van der Waals surface area contributed by atoms with Crippen molar-refractivity contribution in [2.24, 2.45) is 0 Å². The van der Waals surface area contributed by atoms with Crippen molar-refractivity contribution in [2.45, 2.75) is 57.4 Å². The van der Waals surface area contributed by atoms with E-state index in [2.05, 4.69) is 10.6 Å². The normalized spacial score (nSPS) is 20.8. The lowest BCUT2D eigenvalue weighted by molar-refractivity contribution is -0.238. The van der Waals surface area contributed by atoms with Crippen molar-refractivity contribution < 1.29 is 67.8 Å². The molecule has 5 N–H and O–H groups in total. The van der Waals surface area contributed by atoms with Gasteiger partial charge in [-0.2, -0.15) is 0 Å². The van der Waals surface area contributed by atoms with Gasteiger partial charge >= 0.3 is 11.9 Å². The standard InChI is InChI=1S/C29H37N3O14/c1-17(33)44-16-18-2-3-21(45-29-27(39)20(34)15-22(46-29)28(40)41)19(14-18)31-24(36)6-8-30-23(35)7-10-42-12-13-43-11-9-32-25(37)4-5-26(32)38/h2-5,14,20,22,27,29,34,39H,6-13,15-16H2,1H3,(H,30,35)(H,31,36)(H,40,41).